The van der Waals surface area contributed by atoms with Gasteiger partial charge < -0.3 is 4.74 Å². The van der Waals surface area contributed by atoms with Crippen molar-refractivity contribution in [2.24, 2.45) is 5.11 Å². The van der Waals surface area contributed by atoms with Gasteiger partial charge in [0.15, 0.2) is 0 Å². The average molecular weight is 177 g/mol. The Balaban J connectivity index is 2.88. The first-order chi connectivity index (χ1) is 6.27. The molecule has 0 radical (unpaired) electrons. The van der Waals surface area contributed by atoms with Crippen LogP contribution in [0.2, 0.25) is 0 Å². The zero-order chi connectivity index (χ0) is 9.68. The second-order valence-corrected chi connectivity index (χ2v) is 2.69. The lowest BCUT2D eigenvalue weighted by Crippen LogP contribution is -1.88. The summed E-state index contributed by atoms with van der Waals surface area (Å²) < 4.78 is 5.10. The fraction of sp³-hybridized carbons (Fsp3) is 0.333. The fourth-order valence-electron chi connectivity index (χ4n) is 1.15. The molecule has 0 unspecified atom stereocenters. The maximum Gasteiger partial charge on any atom is 0.121 e. The number of rotatable bonds is 3. The molecule has 0 aliphatic heterocycles. The van der Waals surface area contributed by atoms with Crippen LogP contribution in [0.5, 0.6) is 5.75 Å². The molecule has 68 valence electrons. The number of benzene rings is 1. The Labute approximate surface area is 76.8 Å². The van der Waals surface area contributed by atoms with Crippen molar-refractivity contribution in [3.05, 3.63) is 39.8 Å². The van der Waals surface area contributed by atoms with Crippen molar-refractivity contribution < 1.29 is 4.74 Å². The Morgan fingerprint density at radius 3 is 2.85 bits per heavy atom. The second kappa shape index (κ2) is 4.38. The van der Waals surface area contributed by atoms with Gasteiger partial charge in [0.25, 0.3) is 0 Å². The van der Waals surface area contributed by atoms with Crippen molar-refractivity contribution >= 4 is 0 Å². The van der Waals surface area contributed by atoms with Crippen molar-refractivity contribution in [3.8, 4) is 5.75 Å². The molecular formula is C9H11N3O. The number of hydrogen-bond donors (Lipinski definition) is 0. The summed E-state index contributed by atoms with van der Waals surface area (Å²) in [6.07, 6.45) is 0. The normalized spacial score (nSPS) is 9.08. The summed E-state index contributed by atoms with van der Waals surface area (Å²) in [7, 11) is 1.63. The molecule has 0 heterocycles. The minimum atomic E-state index is 0.390. The van der Waals surface area contributed by atoms with E-state index in [0.29, 0.717) is 6.54 Å². The molecule has 1 rings (SSSR count). The molecule has 0 spiro atoms. The molecule has 4 nitrogen and oxygen atoms in total. The highest BCUT2D eigenvalue weighted by atomic mass is 16.5. The van der Waals surface area contributed by atoms with Gasteiger partial charge in [-0.1, -0.05) is 17.2 Å². The zero-order valence-electron chi connectivity index (χ0n) is 7.69. The largest absolute Gasteiger partial charge is 0.496 e. The summed E-state index contributed by atoms with van der Waals surface area (Å²) in [5, 5.41) is 3.48. The lowest BCUT2D eigenvalue weighted by molar-refractivity contribution is 0.411. The summed E-state index contributed by atoms with van der Waals surface area (Å²) in [4.78, 5) is 2.70. The van der Waals surface area contributed by atoms with Gasteiger partial charge in [-0.2, -0.15) is 0 Å². The van der Waals surface area contributed by atoms with Gasteiger partial charge >= 0.3 is 0 Å². The first kappa shape index (κ1) is 9.42. The van der Waals surface area contributed by atoms with E-state index in [1.165, 1.54) is 0 Å². The zero-order valence-corrected chi connectivity index (χ0v) is 7.69. The molecule has 0 N–H and O–H groups in total. The molecule has 4 heteroatoms. The van der Waals surface area contributed by atoms with Crippen LogP contribution in [0, 0.1) is 6.92 Å². The van der Waals surface area contributed by atoms with Crippen LogP contribution in [0.15, 0.2) is 23.3 Å². The van der Waals surface area contributed by atoms with Gasteiger partial charge in [0.1, 0.15) is 5.75 Å². The van der Waals surface area contributed by atoms with Crippen molar-refractivity contribution in [1.82, 2.24) is 0 Å². The Kier molecular flexibility index (Phi) is 3.17. The van der Waals surface area contributed by atoms with Gasteiger partial charge in [-0.25, -0.2) is 0 Å². The second-order valence-electron chi connectivity index (χ2n) is 2.69. The maximum atomic E-state index is 8.13. The van der Waals surface area contributed by atoms with Crippen LogP contribution in [0.1, 0.15) is 11.1 Å². The van der Waals surface area contributed by atoms with Gasteiger partial charge in [0.05, 0.1) is 13.7 Å². The lowest BCUT2D eigenvalue weighted by atomic mass is 10.1. The van der Waals surface area contributed by atoms with Crippen molar-refractivity contribution in [3.63, 3.8) is 0 Å². The van der Waals surface area contributed by atoms with E-state index in [9.17, 15) is 0 Å². The van der Waals surface area contributed by atoms with Crippen molar-refractivity contribution in [2.75, 3.05) is 7.11 Å². The summed E-state index contributed by atoms with van der Waals surface area (Å²) in [5.41, 5.74) is 10.2. The van der Waals surface area contributed by atoms with Crippen LogP contribution in [0.25, 0.3) is 10.4 Å². The van der Waals surface area contributed by atoms with E-state index in [2.05, 4.69) is 10.0 Å². The lowest BCUT2D eigenvalue weighted by Gasteiger charge is -2.05. The standard InChI is InChI=1S/C9H11N3O/c1-7-5-8(6-11-12-10)3-4-9(7)13-2/h3-5H,6H2,1-2H3. The van der Waals surface area contributed by atoms with Gasteiger partial charge in [0, 0.05) is 4.91 Å². The van der Waals surface area contributed by atoms with Crippen molar-refractivity contribution in [2.45, 2.75) is 13.5 Å². The number of nitrogens with zero attached hydrogens (tertiary/aromatic N) is 3. The van der Waals surface area contributed by atoms with E-state index < -0.39 is 0 Å². The molecule has 0 saturated carbocycles. The van der Waals surface area contributed by atoms with Gasteiger partial charge in [-0.15, -0.1) is 0 Å². The molecule has 0 fully saturated rings. The van der Waals surface area contributed by atoms with Crippen molar-refractivity contribution in [1.29, 1.82) is 0 Å². The average Bonchev–Trinajstić information content (AvgIpc) is 2.15. The van der Waals surface area contributed by atoms with E-state index in [1.54, 1.807) is 7.11 Å². The molecule has 13 heavy (non-hydrogen) atoms. The third-order valence-electron chi connectivity index (χ3n) is 1.78. The predicted octanol–water partition coefficient (Wildman–Crippen LogP) is 2.81. The maximum absolute atomic E-state index is 8.13. The molecule has 1 aromatic carbocycles. The molecule has 0 amide bonds. The van der Waals surface area contributed by atoms with Crippen LogP contribution in [-0.2, 0) is 6.54 Å². The van der Waals surface area contributed by atoms with Gasteiger partial charge in [0.2, 0.25) is 0 Å². The topological polar surface area (TPSA) is 58.0 Å². The Morgan fingerprint density at radius 2 is 2.31 bits per heavy atom. The van der Waals surface area contributed by atoms with Crippen LogP contribution >= 0.6 is 0 Å². The molecule has 0 aromatic heterocycles. The molecule has 0 aliphatic rings. The number of methoxy groups -OCH3 is 1. The molecule has 0 saturated heterocycles. The van der Waals surface area contributed by atoms with Gasteiger partial charge in [-0.3, -0.25) is 0 Å². The number of azide groups is 1. The Hall–Kier alpha value is -1.67. The van der Waals surface area contributed by atoms with E-state index in [-0.39, 0.29) is 0 Å². The summed E-state index contributed by atoms with van der Waals surface area (Å²) >= 11 is 0. The number of hydrogen-bond acceptors (Lipinski definition) is 2. The smallest absolute Gasteiger partial charge is 0.121 e. The molecular weight excluding hydrogens is 166 g/mol. The Morgan fingerprint density at radius 1 is 1.54 bits per heavy atom. The van der Waals surface area contributed by atoms with Crippen LogP contribution in [0.4, 0.5) is 0 Å². The third kappa shape index (κ3) is 2.39. The fourth-order valence-corrected chi connectivity index (χ4v) is 1.15. The SMILES string of the molecule is COc1ccc(CN=[N+]=[N-])cc1C. The van der Waals surface area contributed by atoms with Crippen LogP contribution in [-0.4, -0.2) is 7.11 Å². The quantitative estimate of drug-likeness (QED) is 0.398. The van der Waals surface area contributed by atoms with Crippen LogP contribution < -0.4 is 4.74 Å². The highest BCUT2D eigenvalue weighted by molar-refractivity contribution is 5.36. The highest BCUT2D eigenvalue weighted by Gasteiger charge is 1.98. The van der Waals surface area contributed by atoms with E-state index in [0.717, 1.165) is 16.9 Å². The molecule has 0 aliphatic carbocycles. The monoisotopic (exact) mass is 177 g/mol. The summed E-state index contributed by atoms with van der Waals surface area (Å²) in [6.45, 7) is 2.35. The number of ether oxygens (including phenoxy) is 1. The molecule has 0 atom stereocenters. The summed E-state index contributed by atoms with van der Waals surface area (Å²) in [6, 6.07) is 5.71. The first-order valence-corrected chi connectivity index (χ1v) is 3.92. The summed E-state index contributed by atoms with van der Waals surface area (Å²) in [5.74, 6) is 0.852. The highest BCUT2D eigenvalue weighted by Crippen LogP contribution is 2.18. The predicted molar refractivity (Wildman–Crippen MR) is 50.6 cm³/mol. The van der Waals surface area contributed by atoms with Crippen LogP contribution in [0.3, 0.4) is 0 Å². The molecule has 0 bridgehead atoms. The Bertz CT molecular complexity index is 343. The third-order valence-corrected chi connectivity index (χ3v) is 1.78. The first-order valence-electron chi connectivity index (χ1n) is 3.92. The van der Waals surface area contributed by atoms with E-state index in [4.69, 9.17) is 10.3 Å². The van der Waals surface area contributed by atoms with E-state index in [1.807, 2.05) is 25.1 Å². The van der Waals surface area contributed by atoms with E-state index >= 15 is 0 Å². The number of aryl methyl sites for hydroxylation is 1. The minimum Gasteiger partial charge on any atom is -0.496 e. The minimum absolute atomic E-state index is 0.390. The molecule has 1 aromatic rings. The van der Waals surface area contributed by atoms with Gasteiger partial charge in [-0.05, 0) is 29.6 Å².